The summed E-state index contributed by atoms with van der Waals surface area (Å²) >= 11 is 0. The van der Waals surface area contributed by atoms with Crippen LogP contribution in [0.5, 0.6) is 0 Å². The van der Waals surface area contributed by atoms with Crippen molar-refractivity contribution < 1.29 is 14.3 Å². The molecule has 0 spiro atoms. The molecule has 2 aromatic heterocycles. The summed E-state index contributed by atoms with van der Waals surface area (Å²) in [5, 5.41) is 3.64. The number of nitrogens with two attached hydrogens (primary N) is 1. The molecule has 7 heteroatoms. The number of anilines is 1. The number of hydrogen-bond acceptors (Lipinski definition) is 5. The summed E-state index contributed by atoms with van der Waals surface area (Å²) in [5.74, 6) is -0.643. The minimum Gasteiger partial charge on any atom is -0.461 e. The predicted octanol–water partition coefficient (Wildman–Crippen LogP) is 2.88. The molecular weight excluding hydrogens is 344 g/mol. The maximum Gasteiger partial charge on any atom is 0.355 e. The van der Waals surface area contributed by atoms with Crippen molar-refractivity contribution in [3.63, 3.8) is 0 Å². The number of carbonyl (C=O) groups excluding carboxylic acids is 2. The first-order chi connectivity index (χ1) is 13.1. The van der Waals surface area contributed by atoms with E-state index in [2.05, 4.69) is 15.3 Å². The zero-order valence-corrected chi connectivity index (χ0v) is 15.1. The third-order valence-corrected chi connectivity index (χ3v) is 4.20. The van der Waals surface area contributed by atoms with Crippen LogP contribution in [-0.2, 0) is 11.2 Å². The van der Waals surface area contributed by atoms with Gasteiger partial charge in [-0.25, -0.2) is 4.79 Å². The molecule has 7 nitrogen and oxygen atoms in total. The van der Waals surface area contributed by atoms with Gasteiger partial charge in [0.15, 0.2) is 0 Å². The van der Waals surface area contributed by atoms with Crippen LogP contribution in [0, 0.1) is 0 Å². The van der Waals surface area contributed by atoms with Crippen molar-refractivity contribution in [1.29, 1.82) is 0 Å². The smallest absolute Gasteiger partial charge is 0.355 e. The standard InChI is InChI=1S/C20H22N4O3/c1-2-27-20(26)18-15(6-3-9-21)16-11-13(7-8-17(16)24-18)19(25)23-14-5-4-10-22-12-14/h4-5,7-8,10-12,24H,2-3,6,9,21H2,1H3,(H,23,25). The van der Waals surface area contributed by atoms with Crippen molar-refractivity contribution >= 4 is 28.5 Å². The van der Waals surface area contributed by atoms with E-state index in [4.69, 9.17) is 10.5 Å². The molecule has 2 heterocycles. The largest absolute Gasteiger partial charge is 0.461 e. The summed E-state index contributed by atoms with van der Waals surface area (Å²) in [7, 11) is 0. The van der Waals surface area contributed by atoms with Gasteiger partial charge < -0.3 is 20.8 Å². The molecule has 3 rings (SSSR count). The molecule has 0 saturated carbocycles. The number of fused-ring (bicyclic) bond motifs is 1. The molecule has 0 fully saturated rings. The fourth-order valence-electron chi connectivity index (χ4n) is 2.94. The maximum atomic E-state index is 12.6. The molecule has 1 aromatic carbocycles. The van der Waals surface area contributed by atoms with Crippen molar-refractivity contribution in [1.82, 2.24) is 9.97 Å². The molecule has 0 atom stereocenters. The van der Waals surface area contributed by atoms with E-state index in [1.807, 2.05) is 0 Å². The summed E-state index contributed by atoms with van der Waals surface area (Å²) in [6.45, 7) is 2.57. The van der Waals surface area contributed by atoms with Gasteiger partial charge in [0.05, 0.1) is 18.5 Å². The van der Waals surface area contributed by atoms with E-state index >= 15 is 0 Å². The number of aryl methyl sites for hydroxylation is 1. The lowest BCUT2D eigenvalue weighted by Crippen LogP contribution is -2.12. The monoisotopic (exact) mass is 366 g/mol. The number of ether oxygens (including phenoxy) is 1. The van der Waals surface area contributed by atoms with Gasteiger partial charge in [-0.3, -0.25) is 9.78 Å². The molecule has 4 N–H and O–H groups in total. The quantitative estimate of drug-likeness (QED) is 0.557. The summed E-state index contributed by atoms with van der Waals surface area (Å²) in [6.07, 6.45) is 4.57. The van der Waals surface area contributed by atoms with Crippen molar-refractivity contribution in [2.24, 2.45) is 5.73 Å². The molecule has 0 bridgehead atoms. The number of aromatic nitrogens is 2. The van der Waals surface area contributed by atoms with Crippen LogP contribution in [0.2, 0.25) is 0 Å². The van der Waals surface area contributed by atoms with Gasteiger partial charge in [0.25, 0.3) is 5.91 Å². The molecule has 140 valence electrons. The summed E-state index contributed by atoms with van der Waals surface area (Å²) in [6, 6.07) is 8.81. The van der Waals surface area contributed by atoms with Gasteiger partial charge in [-0.15, -0.1) is 0 Å². The first kappa shape index (κ1) is 18.6. The second-order valence-electron chi connectivity index (χ2n) is 6.05. The van der Waals surface area contributed by atoms with Gasteiger partial charge in [-0.1, -0.05) is 0 Å². The fraction of sp³-hybridized carbons (Fsp3) is 0.250. The fourth-order valence-corrected chi connectivity index (χ4v) is 2.94. The van der Waals surface area contributed by atoms with Crippen LogP contribution in [0.1, 0.15) is 39.8 Å². The highest BCUT2D eigenvalue weighted by atomic mass is 16.5. The lowest BCUT2D eigenvalue weighted by molar-refractivity contribution is 0.0519. The van der Waals surface area contributed by atoms with Gasteiger partial charge in [-0.05, 0) is 62.2 Å². The van der Waals surface area contributed by atoms with E-state index in [9.17, 15) is 9.59 Å². The molecule has 0 aliphatic rings. The van der Waals surface area contributed by atoms with E-state index < -0.39 is 5.97 Å². The lowest BCUT2D eigenvalue weighted by atomic mass is 10.0. The third-order valence-electron chi connectivity index (χ3n) is 4.20. The number of benzene rings is 1. The minimum absolute atomic E-state index is 0.242. The van der Waals surface area contributed by atoms with Crippen LogP contribution in [-0.4, -0.2) is 35.0 Å². The molecular formula is C20H22N4O3. The molecule has 27 heavy (non-hydrogen) atoms. The normalized spacial score (nSPS) is 10.7. The number of pyridine rings is 1. The predicted molar refractivity (Wildman–Crippen MR) is 104 cm³/mol. The number of esters is 1. The van der Waals surface area contributed by atoms with Crippen molar-refractivity contribution in [3.8, 4) is 0 Å². The van der Waals surface area contributed by atoms with Crippen molar-refractivity contribution in [2.45, 2.75) is 19.8 Å². The lowest BCUT2D eigenvalue weighted by Gasteiger charge is -2.06. The molecule has 0 aliphatic heterocycles. The molecule has 0 aliphatic carbocycles. The van der Waals surface area contributed by atoms with Crippen LogP contribution in [0.15, 0.2) is 42.7 Å². The van der Waals surface area contributed by atoms with Crippen molar-refractivity contribution in [2.75, 3.05) is 18.5 Å². The number of nitrogens with one attached hydrogen (secondary N) is 2. The Morgan fingerprint density at radius 1 is 1.30 bits per heavy atom. The Balaban J connectivity index is 1.97. The van der Waals surface area contributed by atoms with Crippen LogP contribution >= 0.6 is 0 Å². The van der Waals surface area contributed by atoms with Crippen LogP contribution in [0.25, 0.3) is 10.9 Å². The Hall–Kier alpha value is -3.19. The van der Waals surface area contributed by atoms with Gasteiger partial charge in [0.2, 0.25) is 0 Å². The van der Waals surface area contributed by atoms with E-state index in [0.717, 1.165) is 22.9 Å². The summed E-state index contributed by atoms with van der Waals surface area (Å²) < 4.78 is 5.15. The highest BCUT2D eigenvalue weighted by Crippen LogP contribution is 2.26. The second-order valence-corrected chi connectivity index (χ2v) is 6.05. The second kappa shape index (κ2) is 8.46. The van der Waals surface area contributed by atoms with E-state index in [1.165, 1.54) is 0 Å². The molecule has 1 amide bonds. The number of hydrogen-bond donors (Lipinski definition) is 3. The van der Waals surface area contributed by atoms with E-state index in [-0.39, 0.29) is 5.91 Å². The number of aromatic amines is 1. The number of H-pyrrole nitrogens is 1. The Bertz CT molecular complexity index is 951. The number of nitrogens with zero attached hydrogens (tertiary/aromatic N) is 1. The van der Waals surface area contributed by atoms with E-state index in [0.29, 0.717) is 36.5 Å². The van der Waals surface area contributed by atoms with Gasteiger partial charge >= 0.3 is 5.97 Å². The average Bonchev–Trinajstić information content (AvgIpc) is 3.05. The zero-order valence-electron chi connectivity index (χ0n) is 15.1. The Labute approximate surface area is 156 Å². The molecule has 3 aromatic rings. The Kier molecular flexibility index (Phi) is 5.83. The molecule has 0 unspecified atom stereocenters. The highest BCUT2D eigenvalue weighted by molar-refractivity contribution is 6.07. The number of amides is 1. The Morgan fingerprint density at radius 3 is 2.85 bits per heavy atom. The van der Waals surface area contributed by atoms with E-state index in [1.54, 1.807) is 49.6 Å². The molecule has 0 radical (unpaired) electrons. The van der Waals surface area contributed by atoms with Gasteiger partial charge in [0, 0.05) is 22.7 Å². The minimum atomic E-state index is -0.401. The SMILES string of the molecule is CCOC(=O)c1[nH]c2ccc(C(=O)Nc3cccnc3)cc2c1CCCN. The van der Waals surface area contributed by atoms with Crippen LogP contribution in [0.4, 0.5) is 5.69 Å². The first-order valence-corrected chi connectivity index (χ1v) is 8.87. The Morgan fingerprint density at radius 2 is 2.15 bits per heavy atom. The topological polar surface area (TPSA) is 110 Å². The van der Waals surface area contributed by atoms with Crippen LogP contribution < -0.4 is 11.1 Å². The number of carbonyl (C=O) groups is 2. The van der Waals surface area contributed by atoms with Crippen molar-refractivity contribution in [3.05, 3.63) is 59.5 Å². The third kappa shape index (κ3) is 4.15. The average molecular weight is 366 g/mol. The van der Waals surface area contributed by atoms with Crippen LogP contribution in [0.3, 0.4) is 0 Å². The first-order valence-electron chi connectivity index (χ1n) is 8.87. The number of rotatable bonds is 7. The van der Waals surface area contributed by atoms with Gasteiger partial charge in [-0.2, -0.15) is 0 Å². The zero-order chi connectivity index (χ0) is 19.2. The summed E-state index contributed by atoms with van der Waals surface area (Å²) in [5.41, 5.74) is 8.78. The highest BCUT2D eigenvalue weighted by Gasteiger charge is 2.19. The van der Waals surface area contributed by atoms with Gasteiger partial charge in [0.1, 0.15) is 5.69 Å². The maximum absolute atomic E-state index is 12.6. The summed E-state index contributed by atoms with van der Waals surface area (Å²) in [4.78, 5) is 32.0. The molecule has 0 saturated heterocycles.